The second-order valence-corrected chi connectivity index (χ2v) is 6.57. The zero-order valence-electron chi connectivity index (χ0n) is 12.6. The molecule has 0 amide bonds. The molecule has 2 heterocycles. The Labute approximate surface area is 122 Å². The summed E-state index contributed by atoms with van der Waals surface area (Å²) in [4.78, 5) is 6.97. The van der Waals surface area contributed by atoms with Gasteiger partial charge in [0.2, 0.25) is 0 Å². The molecule has 1 aliphatic carbocycles. The molecule has 0 bridgehead atoms. The summed E-state index contributed by atoms with van der Waals surface area (Å²) in [7, 11) is 0. The maximum Gasteiger partial charge on any atom is 0.0312 e. The minimum absolute atomic E-state index is 0.603. The van der Waals surface area contributed by atoms with E-state index in [1.807, 2.05) is 12.4 Å². The molecule has 1 aromatic heterocycles. The second-order valence-electron chi connectivity index (χ2n) is 6.57. The molecule has 0 spiro atoms. The summed E-state index contributed by atoms with van der Waals surface area (Å²) in [6, 6.07) is 5.58. The standard InChI is InChI=1S/C17H27N3/c1-14-12-20(13-15-6-5-9-18-10-15)17(11-19-14)16-7-3-2-4-8-16/h5-6,9-10,14,16-17,19H,2-4,7-8,11-13H2,1H3. The first kappa shape index (κ1) is 14.0. The number of nitrogens with zero attached hydrogens (tertiary/aromatic N) is 2. The summed E-state index contributed by atoms with van der Waals surface area (Å²) in [5.74, 6) is 0.889. The molecule has 2 aliphatic rings. The summed E-state index contributed by atoms with van der Waals surface area (Å²) >= 11 is 0. The Morgan fingerprint density at radius 1 is 1.30 bits per heavy atom. The van der Waals surface area contributed by atoms with Crippen LogP contribution in [0.5, 0.6) is 0 Å². The van der Waals surface area contributed by atoms with Crippen LogP contribution in [-0.4, -0.2) is 35.1 Å². The third-order valence-corrected chi connectivity index (χ3v) is 4.96. The first-order chi connectivity index (χ1) is 9.83. The monoisotopic (exact) mass is 273 g/mol. The molecule has 1 N–H and O–H groups in total. The average molecular weight is 273 g/mol. The zero-order valence-corrected chi connectivity index (χ0v) is 12.6. The van der Waals surface area contributed by atoms with E-state index in [2.05, 4.69) is 34.3 Å². The molecule has 3 heteroatoms. The molecule has 110 valence electrons. The van der Waals surface area contributed by atoms with Gasteiger partial charge in [-0.25, -0.2) is 0 Å². The van der Waals surface area contributed by atoms with Crippen LogP contribution in [-0.2, 0) is 6.54 Å². The van der Waals surface area contributed by atoms with Gasteiger partial charge in [-0.15, -0.1) is 0 Å². The average Bonchev–Trinajstić information content (AvgIpc) is 2.49. The molecule has 2 atom stereocenters. The number of rotatable bonds is 3. The summed E-state index contributed by atoms with van der Waals surface area (Å²) in [6.07, 6.45) is 11.0. The molecule has 2 fully saturated rings. The lowest BCUT2D eigenvalue weighted by Gasteiger charge is -2.44. The highest BCUT2D eigenvalue weighted by atomic mass is 15.2. The van der Waals surface area contributed by atoms with Crippen molar-refractivity contribution in [1.29, 1.82) is 0 Å². The van der Waals surface area contributed by atoms with Gasteiger partial charge in [-0.2, -0.15) is 0 Å². The lowest BCUT2D eigenvalue weighted by molar-refractivity contribution is 0.0688. The van der Waals surface area contributed by atoms with E-state index in [9.17, 15) is 0 Å². The molecule has 2 unspecified atom stereocenters. The fourth-order valence-electron chi connectivity index (χ4n) is 3.89. The number of nitrogens with one attached hydrogen (secondary N) is 1. The summed E-state index contributed by atoms with van der Waals surface area (Å²) < 4.78 is 0. The largest absolute Gasteiger partial charge is 0.311 e. The van der Waals surface area contributed by atoms with Crippen molar-refractivity contribution in [1.82, 2.24) is 15.2 Å². The van der Waals surface area contributed by atoms with E-state index in [1.165, 1.54) is 37.7 Å². The highest BCUT2D eigenvalue weighted by Crippen LogP contribution is 2.30. The van der Waals surface area contributed by atoms with Crippen molar-refractivity contribution in [2.75, 3.05) is 13.1 Å². The molecular weight excluding hydrogens is 246 g/mol. The third kappa shape index (κ3) is 3.39. The first-order valence-corrected chi connectivity index (χ1v) is 8.19. The number of hydrogen-bond acceptors (Lipinski definition) is 3. The zero-order chi connectivity index (χ0) is 13.8. The molecule has 1 aliphatic heterocycles. The Morgan fingerprint density at radius 3 is 2.90 bits per heavy atom. The fraction of sp³-hybridized carbons (Fsp3) is 0.706. The minimum Gasteiger partial charge on any atom is -0.311 e. The minimum atomic E-state index is 0.603. The van der Waals surface area contributed by atoms with Crippen molar-refractivity contribution >= 4 is 0 Å². The molecular formula is C17H27N3. The molecule has 3 nitrogen and oxygen atoms in total. The Bertz CT molecular complexity index is 400. The predicted molar refractivity (Wildman–Crippen MR) is 82.5 cm³/mol. The first-order valence-electron chi connectivity index (χ1n) is 8.19. The van der Waals surface area contributed by atoms with E-state index in [1.54, 1.807) is 0 Å². The molecule has 1 aromatic rings. The topological polar surface area (TPSA) is 28.2 Å². The summed E-state index contributed by atoms with van der Waals surface area (Å²) in [5, 5.41) is 3.69. The van der Waals surface area contributed by atoms with Crippen LogP contribution < -0.4 is 5.32 Å². The smallest absolute Gasteiger partial charge is 0.0312 e. The van der Waals surface area contributed by atoms with Gasteiger partial charge in [0, 0.05) is 44.1 Å². The van der Waals surface area contributed by atoms with Crippen LogP contribution in [0.15, 0.2) is 24.5 Å². The summed E-state index contributed by atoms with van der Waals surface area (Å²) in [5.41, 5.74) is 1.35. The van der Waals surface area contributed by atoms with Gasteiger partial charge in [0.05, 0.1) is 0 Å². The molecule has 20 heavy (non-hydrogen) atoms. The second kappa shape index (κ2) is 6.68. The van der Waals surface area contributed by atoms with Crippen LogP contribution >= 0.6 is 0 Å². The molecule has 0 radical (unpaired) electrons. The van der Waals surface area contributed by atoms with Crippen LogP contribution in [0.3, 0.4) is 0 Å². The lowest BCUT2D eigenvalue weighted by atomic mass is 9.82. The summed E-state index contributed by atoms with van der Waals surface area (Å²) in [6.45, 7) is 5.68. The Balaban J connectivity index is 1.69. The molecule has 0 aromatic carbocycles. The van der Waals surface area contributed by atoms with E-state index in [4.69, 9.17) is 0 Å². The maximum atomic E-state index is 4.26. The van der Waals surface area contributed by atoms with Gasteiger partial charge in [-0.1, -0.05) is 25.3 Å². The molecule has 1 saturated carbocycles. The van der Waals surface area contributed by atoms with E-state index >= 15 is 0 Å². The Morgan fingerprint density at radius 2 is 2.15 bits per heavy atom. The van der Waals surface area contributed by atoms with Crippen molar-refractivity contribution < 1.29 is 0 Å². The van der Waals surface area contributed by atoms with Crippen LogP contribution in [0.4, 0.5) is 0 Å². The van der Waals surface area contributed by atoms with Crippen LogP contribution in [0, 0.1) is 5.92 Å². The van der Waals surface area contributed by atoms with Crippen molar-refractivity contribution in [2.24, 2.45) is 5.92 Å². The Hall–Kier alpha value is -0.930. The number of hydrogen-bond donors (Lipinski definition) is 1. The van der Waals surface area contributed by atoms with Crippen LogP contribution in [0.2, 0.25) is 0 Å². The van der Waals surface area contributed by atoms with E-state index in [0.717, 1.165) is 25.6 Å². The number of aromatic nitrogens is 1. The van der Waals surface area contributed by atoms with Gasteiger partial charge in [0.15, 0.2) is 0 Å². The highest BCUT2D eigenvalue weighted by molar-refractivity contribution is 5.09. The molecule has 1 saturated heterocycles. The fourth-order valence-corrected chi connectivity index (χ4v) is 3.89. The Kier molecular flexibility index (Phi) is 4.69. The molecule has 3 rings (SSSR count). The normalized spacial score (nSPS) is 29.4. The highest BCUT2D eigenvalue weighted by Gasteiger charge is 2.32. The van der Waals surface area contributed by atoms with E-state index in [0.29, 0.717) is 12.1 Å². The van der Waals surface area contributed by atoms with Crippen molar-refractivity contribution in [3.8, 4) is 0 Å². The van der Waals surface area contributed by atoms with Gasteiger partial charge in [-0.3, -0.25) is 9.88 Å². The van der Waals surface area contributed by atoms with Gasteiger partial charge in [0.1, 0.15) is 0 Å². The predicted octanol–water partition coefficient (Wildman–Crippen LogP) is 2.82. The number of piperazine rings is 1. The van der Waals surface area contributed by atoms with Gasteiger partial charge in [-0.05, 0) is 37.3 Å². The van der Waals surface area contributed by atoms with Gasteiger partial charge >= 0.3 is 0 Å². The van der Waals surface area contributed by atoms with Crippen molar-refractivity contribution in [2.45, 2.75) is 57.7 Å². The van der Waals surface area contributed by atoms with Crippen molar-refractivity contribution in [3.63, 3.8) is 0 Å². The van der Waals surface area contributed by atoms with E-state index < -0.39 is 0 Å². The quantitative estimate of drug-likeness (QED) is 0.918. The maximum absolute atomic E-state index is 4.26. The van der Waals surface area contributed by atoms with Gasteiger partial charge in [0.25, 0.3) is 0 Å². The van der Waals surface area contributed by atoms with E-state index in [-0.39, 0.29) is 0 Å². The SMILES string of the molecule is CC1CN(Cc2cccnc2)C(C2CCCCC2)CN1. The van der Waals surface area contributed by atoms with Crippen LogP contribution in [0.25, 0.3) is 0 Å². The number of pyridine rings is 1. The lowest BCUT2D eigenvalue weighted by Crippen LogP contribution is -2.57. The third-order valence-electron chi connectivity index (χ3n) is 4.96. The van der Waals surface area contributed by atoms with Crippen LogP contribution in [0.1, 0.15) is 44.6 Å². The van der Waals surface area contributed by atoms with Gasteiger partial charge < -0.3 is 5.32 Å². The van der Waals surface area contributed by atoms with Crippen molar-refractivity contribution in [3.05, 3.63) is 30.1 Å².